The third kappa shape index (κ3) is 4.73. The third-order valence-corrected chi connectivity index (χ3v) is 7.03. The average molecular weight is 631 g/mol. The maximum Gasteiger partial charge on any atom is 0.255 e. The quantitative estimate of drug-likeness (QED) is 0.202. The molecule has 0 aromatic heterocycles. The van der Waals surface area contributed by atoms with Crippen LogP contribution in [0.4, 0.5) is 0 Å². The van der Waals surface area contributed by atoms with Crippen molar-refractivity contribution in [2.24, 2.45) is 17.6 Å². The number of nitrogens with two attached hydrogens (primary N) is 1. The molecule has 0 unspecified atom stereocenters. The minimum absolute atomic E-state index is 0. The number of rotatable bonds is 2. The Morgan fingerprint density at radius 2 is 1.53 bits per heavy atom. The fraction of sp³-hybridized carbons (Fsp3) is 0.409. The van der Waals surface area contributed by atoms with Gasteiger partial charge in [-0.3, -0.25) is 19.3 Å². The van der Waals surface area contributed by atoms with Gasteiger partial charge in [-0.2, -0.15) is 67.5 Å². The van der Waals surface area contributed by atoms with Crippen LogP contribution in [-0.4, -0.2) is 84.9 Å². The summed E-state index contributed by atoms with van der Waals surface area (Å²) in [4.78, 5) is 39.9. The Hall–Kier alpha value is -1.50. The van der Waals surface area contributed by atoms with Crippen molar-refractivity contribution in [3.63, 3.8) is 0 Å². The first-order valence-electron chi connectivity index (χ1n) is 10.1. The molecule has 0 radical (unpaired) electrons. The monoisotopic (exact) mass is 630 g/mol. The molecule has 1 amide bonds. The van der Waals surface area contributed by atoms with Crippen LogP contribution in [0.2, 0.25) is 0 Å². The molecule has 0 aliphatic heterocycles. The molecule has 1 aromatic carbocycles. The summed E-state index contributed by atoms with van der Waals surface area (Å²) in [5.74, 6) is -9.67. The van der Waals surface area contributed by atoms with E-state index in [0.717, 1.165) is 0 Å². The van der Waals surface area contributed by atoms with Gasteiger partial charge in [0, 0.05) is 0 Å². The minimum Gasteiger partial charge on any atom is -0.508 e. The molecule has 4 rings (SSSR count). The highest BCUT2D eigenvalue weighted by molar-refractivity contribution is 7.60. The predicted molar refractivity (Wildman–Crippen MR) is 163 cm³/mol. The van der Waals surface area contributed by atoms with Gasteiger partial charge in [0.2, 0.25) is 5.78 Å². The number of Topliss-reactive ketones (excluding diaryl/α,β-unsaturated/α-hetero) is 2. The molecule has 216 valence electrons. The molecule has 1 saturated carbocycles. The molecule has 6 atom stereocenters. The number of phenolic OH excluding ortho intramolecular Hbond substituents is 1. The van der Waals surface area contributed by atoms with Crippen molar-refractivity contribution < 1.29 is 45.0 Å². The number of fused-ring (bicyclic) bond motifs is 3. The summed E-state index contributed by atoms with van der Waals surface area (Å²) in [5.41, 5.74) is -1.78. The van der Waals surface area contributed by atoms with Crippen LogP contribution in [0, 0.1) is 11.8 Å². The molecule has 1 fully saturated rings. The molecule has 3 aliphatic carbocycles. The Morgan fingerprint density at radius 1 is 1.00 bits per heavy atom. The lowest BCUT2D eigenvalue weighted by molar-refractivity contribution is -0.181. The maximum atomic E-state index is 13.7. The van der Waals surface area contributed by atoms with Crippen LogP contribution in [0.25, 0.3) is 5.76 Å². The zero-order chi connectivity index (χ0) is 24.8. The van der Waals surface area contributed by atoms with Crippen LogP contribution in [0.3, 0.4) is 0 Å². The standard InChI is InChI=1S/C22H24N2O9.5H2S/c1-21(32)7-5-4-6-8(25)9(7)15(26)10-12(21)17(28)13-14(24(2)3)16(27)11(20(23)31)19(30)22(13,33)18(10)29;;;;;/h4-6,12-14,17,25-26,28,30,32-33H,1-3H3,(H2,23,31);5*1H2/t12-,13-,14+,17+,21-,22+;;;;;/m1...../s1. The van der Waals surface area contributed by atoms with Gasteiger partial charge >= 0.3 is 0 Å². The largest absolute Gasteiger partial charge is 0.508 e. The number of phenols is 1. The molecule has 3 aliphatic rings. The molecule has 16 heteroatoms. The number of aliphatic hydroxyl groups excluding tert-OH is 3. The second kappa shape index (κ2) is 12.3. The maximum absolute atomic E-state index is 13.7. The van der Waals surface area contributed by atoms with E-state index in [0.29, 0.717) is 0 Å². The number of hydrogen-bond acceptors (Lipinski definition) is 10. The molecular formula is C22H34N2O9S5. The summed E-state index contributed by atoms with van der Waals surface area (Å²) >= 11 is 0. The lowest BCUT2D eigenvalue weighted by Crippen LogP contribution is -2.71. The number of nitrogens with zero attached hydrogens (tertiary/aromatic N) is 1. The van der Waals surface area contributed by atoms with E-state index in [2.05, 4.69) is 0 Å². The molecule has 38 heavy (non-hydrogen) atoms. The Labute approximate surface area is 253 Å². The Balaban J connectivity index is 0. The van der Waals surface area contributed by atoms with Crippen molar-refractivity contribution in [3.8, 4) is 5.75 Å². The Morgan fingerprint density at radius 3 is 2.00 bits per heavy atom. The summed E-state index contributed by atoms with van der Waals surface area (Å²) in [6.45, 7) is 1.25. The van der Waals surface area contributed by atoms with Gasteiger partial charge in [0.15, 0.2) is 11.4 Å². The minimum atomic E-state index is -3.02. The molecule has 0 spiro atoms. The van der Waals surface area contributed by atoms with Crippen LogP contribution in [0.5, 0.6) is 5.75 Å². The van der Waals surface area contributed by atoms with Crippen molar-refractivity contribution >= 4 is 90.7 Å². The smallest absolute Gasteiger partial charge is 0.255 e. The van der Waals surface area contributed by atoms with E-state index in [4.69, 9.17) is 5.73 Å². The number of benzene rings is 1. The van der Waals surface area contributed by atoms with Gasteiger partial charge in [0.25, 0.3) is 5.91 Å². The lowest BCUT2D eigenvalue weighted by Gasteiger charge is -2.55. The number of ketones is 2. The van der Waals surface area contributed by atoms with Gasteiger partial charge in [-0.1, -0.05) is 12.1 Å². The number of carbonyl (C=O) groups excluding carboxylic acids is 3. The van der Waals surface area contributed by atoms with Crippen molar-refractivity contribution in [1.82, 2.24) is 4.90 Å². The van der Waals surface area contributed by atoms with Gasteiger partial charge < -0.3 is 36.4 Å². The Kier molecular flexibility index (Phi) is 12.6. The van der Waals surface area contributed by atoms with Crippen molar-refractivity contribution in [1.29, 1.82) is 0 Å². The summed E-state index contributed by atoms with van der Waals surface area (Å²) in [7, 11) is 2.80. The van der Waals surface area contributed by atoms with E-state index in [9.17, 15) is 45.0 Å². The molecule has 0 saturated heterocycles. The van der Waals surface area contributed by atoms with Crippen molar-refractivity contribution in [2.45, 2.75) is 30.3 Å². The number of aliphatic hydroxyl groups is 5. The van der Waals surface area contributed by atoms with Gasteiger partial charge in [-0.25, -0.2) is 0 Å². The highest BCUT2D eigenvalue weighted by atomic mass is 32.1. The second-order valence-electron chi connectivity index (χ2n) is 9.06. The van der Waals surface area contributed by atoms with Gasteiger partial charge in [0.05, 0.1) is 40.7 Å². The SMILES string of the molecule is CN(C)[C@@H]1C(=O)C(C(N)=O)=C(O)[C@@]2(O)C(=O)C3=C(O)c4c(O)cccc4[C@@](C)(O)[C@H]3[C@H](O)[C@@H]12.S.S.S.S.S. The van der Waals surface area contributed by atoms with E-state index in [1.54, 1.807) is 0 Å². The van der Waals surface area contributed by atoms with Crippen LogP contribution in [-0.2, 0) is 20.0 Å². The first-order valence-corrected chi connectivity index (χ1v) is 10.1. The number of amides is 1. The first kappa shape index (κ1) is 38.6. The fourth-order valence-corrected chi connectivity index (χ4v) is 5.60. The van der Waals surface area contributed by atoms with E-state index in [-0.39, 0.29) is 78.6 Å². The van der Waals surface area contributed by atoms with E-state index in [1.807, 2.05) is 0 Å². The van der Waals surface area contributed by atoms with Gasteiger partial charge in [-0.05, 0) is 32.6 Å². The number of aromatic hydroxyl groups is 1. The summed E-state index contributed by atoms with van der Waals surface area (Å²) in [6, 6.07) is 2.50. The number of primary amides is 1. The van der Waals surface area contributed by atoms with Crippen LogP contribution >= 0.6 is 67.5 Å². The zero-order valence-electron chi connectivity index (χ0n) is 20.5. The number of likely N-dealkylation sites (N-methyl/N-ethyl adjacent to an activating group) is 1. The van der Waals surface area contributed by atoms with Crippen LogP contribution < -0.4 is 5.73 Å². The third-order valence-electron chi connectivity index (χ3n) is 7.03. The molecule has 0 heterocycles. The summed E-state index contributed by atoms with van der Waals surface area (Å²) in [6.07, 6.45) is -1.87. The van der Waals surface area contributed by atoms with Gasteiger partial charge in [0.1, 0.15) is 22.8 Å². The molecule has 1 aromatic rings. The topological polar surface area (TPSA) is 202 Å². The normalized spacial score (nSPS) is 31.2. The highest BCUT2D eigenvalue weighted by Crippen LogP contribution is 2.57. The molecular weight excluding hydrogens is 597 g/mol. The molecule has 11 nitrogen and oxygen atoms in total. The Bertz CT molecular complexity index is 1200. The average Bonchev–Trinajstić information content (AvgIpc) is 2.70. The van der Waals surface area contributed by atoms with E-state index in [1.165, 1.54) is 44.1 Å². The predicted octanol–water partition coefficient (Wildman–Crippen LogP) is -0.836. The summed E-state index contributed by atoms with van der Waals surface area (Å²) < 4.78 is 0. The van der Waals surface area contributed by atoms with Crippen molar-refractivity contribution in [3.05, 3.63) is 46.2 Å². The number of carbonyl (C=O) groups is 3. The lowest BCUT2D eigenvalue weighted by atomic mass is 9.53. The molecule has 0 bridgehead atoms. The van der Waals surface area contributed by atoms with Gasteiger partial charge in [-0.15, -0.1) is 0 Å². The second-order valence-corrected chi connectivity index (χ2v) is 9.06. The fourth-order valence-electron chi connectivity index (χ4n) is 5.60. The van der Waals surface area contributed by atoms with Crippen molar-refractivity contribution in [2.75, 3.05) is 14.1 Å². The number of hydrogen-bond donors (Lipinski definition) is 7. The van der Waals surface area contributed by atoms with E-state index >= 15 is 0 Å². The summed E-state index contributed by atoms with van der Waals surface area (Å²) in [5, 5.41) is 66.3. The zero-order valence-corrected chi connectivity index (χ0v) is 25.5. The van der Waals surface area contributed by atoms with Crippen LogP contribution in [0.15, 0.2) is 35.1 Å². The molecule has 8 N–H and O–H groups in total. The highest BCUT2D eigenvalue weighted by Gasteiger charge is 2.70. The van der Waals surface area contributed by atoms with E-state index < -0.39 is 81.1 Å². The first-order chi connectivity index (χ1) is 15.2. The van der Waals surface area contributed by atoms with Crippen LogP contribution in [0.1, 0.15) is 18.1 Å².